The van der Waals surface area contributed by atoms with Gasteiger partial charge in [-0.15, -0.1) is 0 Å². The second-order valence-corrected chi connectivity index (χ2v) is 3.64. The van der Waals surface area contributed by atoms with Crippen LogP contribution in [0, 0.1) is 17.1 Å². The number of carboxylic acids is 1. The van der Waals surface area contributed by atoms with Gasteiger partial charge in [-0.05, 0) is 18.2 Å². The molecule has 1 rings (SSSR count). The number of halogens is 4. The zero-order chi connectivity index (χ0) is 14.6. The quantitative estimate of drug-likeness (QED) is 0.856. The minimum absolute atomic E-state index is 0.274. The second-order valence-electron chi connectivity index (χ2n) is 3.64. The van der Waals surface area contributed by atoms with Gasteiger partial charge in [-0.1, -0.05) is 0 Å². The summed E-state index contributed by atoms with van der Waals surface area (Å²) in [7, 11) is 0. The molecule has 0 atom stereocenters. The zero-order valence-corrected chi connectivity index (χ0v) is 9.41. The van der Waals surface area contributed by atoms with E-state index in [-0.39, 0.29) is 11.3 Å². The van der Waals surface area contributed by atoms with Crippen molar-refractivity contribution in [3.8, 4) is 6.07 Å². The summed E-state index contributed by atoms with van der Waals surface area (Å²) in [6.45, 7) is -2.49. The highest BCUT2D eigenvalue weighted by Gasteiger charge is 2.32. The van der Waals surface area contributed by atoms with Crippen LogP contribution in [-0.4, -0.2) is 30.3 Å². The Hall–Kier alpha value is -2.30. The average Bonchev–Trinajstić information content (AvgIpc) is 2.25. The second kappa shape index (κ2) is 5.56. The van der Waals surface area contributed by atoms with Gasteiger partial charge in [0.2, 0.25) is 0 Å². The first-order chi connectivity index (χ1) is 8.73. The fraction of sp³-hybridized carbons (Fsp3) is 0.273. The van der Waals surface area contributed by atoms with Crippen LogP contribution in [0.1, 0.15) is 5.56 Å². The van der Waals surface area contributed by atoms with Gasteiger partial charge in [0.25, 0.3) is 0 Å². The molecule has 4 nitrogen and oxygen atoms in total. The van der Waals surface area contributed by atoms with E-state index < -0.39 is 31.1 Å². The number of nitrogens with zero attached hydrogens (tertiary/aromatic N) is 2. The predicted molar refractivity (Wildman–Crippen MR) is 57.0 cm³/mol. The Labute approximate surface area is 105 Å². The van der Waals surface area contributed by atoms with Crippen LogP contribution in [0.25, 0.3) is 0 Å². The maximum atomic E-state index is 12.9. The summed E-state index contributed by atoms with van der Waals surface area (Å²) in [5, 5.41) is 17.3. The molecule has 0 unspecified atom stereocenters. The number of hydrogen-bond acceptors (Lipinski definition) is 3. The molecule has 1 aromatic rings. The van der Waals surface area contributed by atoms with Crippen molar-refractivity contribution in [3.63, 3.8) is 0 Å². The van der Waals surface area contributed by atoms with Crippen LogP contribution in [0.2, 0.25) is 0 Å². The fourth-order valence-corrected chi connectivity index (χ4v) is 1.48. The van der Waals surface area contributed by atoms with Crippen molar-refractivity contribution in [3.05, 3.63) is 29.6 Å². The topological polar surface area (TPSA) is 64.3 Å². The molecule has 1 aromatic carbocycles. The predicted octanol–water partition coefficient (Wildman–Crippen LogP) is 2.15. The lowest BCUT2D eigenvalue weighted by Gasteiger charge is -2.24. The SMILES string of the molecule is N#Cc1cc(F)ccc1N(CC(=O)O)CC(F)(F)F. The van der Waals surface area contributed by atoms with Crippen molar-refractivity contribution in [2.75, 3.05) is 18.0 Å². The Morgan fingerprint density at radius 3 is 2.53 bits per heavy atom. The Bertz CT molecular complexity index is 522. The summed E-state index contributed by atoms with van der Waals surface area (Å²) in [4.78, 5) is 11.0. The number of rotatable bonds is 4. The molecule has 19 heavy (non-hydrogen) atoms. The number of carbonyl (C=O) groups is 1. The highest BCUT2D eigenvalue weighted by Crippen LogP contribution is 2.25. The molecule has 0 bridgehead atoms. The van der Waals surface area contributed by atoms with Gasteiger partial charge >= 0.3 is 12.1 Å². The third-order valence-electron chi connectivity index (χ3n) is 2.12. The van der Waals surface area contributed by atoms with E-state index in [1.807, 2.05) is 0 Å². The molecule has 0 radical (unpaired) electrons. The number of hydrogen-bond donors (Lipinski definition) is 1. The molecule has 0 aliphatic carbocycles. The van der Waals surface area contributed by atoms with Crippen LogP contribution in [0.5, 0.6) is 0 Å². The van der Waals surface area contributed by atoms with E-state index in [9.17, 15) is 22.4 Å². The van der Waals surface area contributed by atoms with Crippen LogP contribution in [0.15, 0.2) is 18.2 Å². The molecule has 102 valence electrons. The molecule has 0 aliphatic rings. The number of benzene rings is 1. The van der Waals surface area contributed by atoms with Crippen molar-refractivity contribution in [2.45, 2.75) is 6.18 Å². The molecule has 1 N–H and O–H groups in total. The summed E-state index contributed by atoms with van der Waals surface area (Å²) >= 11 is 0. The Morgan fingerprint density at radius 1 is 1.42 bits per heavy atom. The third kappa shape index (κ3) is 4.46. The van der Waals surface area contributed by atoms with Gasteiger partial charge in [0.1, 0.15) is 25.0 Å². The van der Waals surface area contributed by atoms with Crippen LogP contribution in [0.3, 0.4) is 0 Å². The van der Waals surface area contributed by atoms with E-state index in [1.165, 1.54) is 6.07 Å². The minimum atomic E-state index is -4.64. The first-order valence-electron chi connectivity index (χ1n) is 4.96. The fourth-order valence-electron chi connectivity index (χ4n) is 1.48. The van der Waals surface area contributed by atoms with E-state index >= 15 is 0 Å². The van der Waals surface area contributed by atoms with Crippen molar-refractivity contribution < 1.29 is 27.5 Å². The number of alkyl halides is 3. The number of anilines is 1. The molecule has 0 heterocycles. The van der Waals surface area contributed by atoms with Crippen molar-refractivity contribution in [2.24, 2.45) is 0 Å². The van der Waals surface area contributed by atoms with Gasteiger partial charge in [-0.3, -0.25) is 4.79 Å². The number of carboxylic acid groups (broad SMARTS) is 1. The third-order valence-corrected chi connectivity index (χ3v) is 2.12. The first-order valence-corrected chi connectivity index (χ1v) is 4.96. The molecule has 0 saturated carbocycles. The Kier molecular flexibility index (Phi) is 4.32. The Balaban J connectivity index is 3.17. The van der Waals surface area contributed by atoms with Crippen LogP contribution >= 0.6 is 0 Å². The zero-order valence-electron chi connectivity index (χ0n) is 9.41. The summed E-state index contributed by atoms with van der Waals surface area (Å²) in [6.07, 6.45) is -4.64. The molecule has 0 aromatic heterocycles. The largest absolute Gasteiger partial charge is 0.480 e. The molecular formula is C11H8F4N2O2. The van der Waals surface area contributed by atoms with Crippen LogP contribution < -0.4 is 4.90 Å². The number of aliphatic carboxylic acids is 1. The van der Waals surface area contributed by atoms with Crippen molar-refractivity contribution in [1.82, 2.24) is 0 Å². The molecule has 0 fully saturated rings. The summed E-state index contributed by atoms with van der Waals surface area (Å²) < 4.78 is 50.0. The minimum Gasteiger partial charge on any atom is -0.480 e. The summed E-state index contributed by atoms with van der Waals surface area (Å²) in [6, 6.07) is 4.09. The van der Waals surface area contributed by atoms with E-state index in [1.54, 1.807) is 0 Å². The monoisotopic (exact) mass is 276 g/mol. The van der Waals surface area contributed by atoms with E-state index in [4.69, 9.17) is 10.4 Å². The molecule has 0 saturated heterocycles. The van der Waals surface area contributed by atoms with E-state index in [0.717, 1.165) is 18.2 Å². The molecule has 0 spiro atoms. The highest BCUT2D eigenvalue weighted by molar-refractivity contribution is 5.75. The summed E-state index contributed by atoms with van der Waals surface area (Å²) in [5.41, 5.74) is -0.630. The lowest BCUT2D eigenvalue weighted by atomic mass is 10.1. The lowest BCUT2D eigenvalue weighted by Crippen LogP contribution is -2.38. The number of nitriles is 1. The highest BCUT2D eigenvalue weighted by atomic mass is 19.4. The van der Waals surface area contributed by atoms with Gasteiger partial charge in [-0.2, -0.15) is 18.4 Å². The van der Waals surface area contributed by atoms with Gasteiger partial charge in [0, 0.05) is 0 Å². The van der Waals surface area contributed by atoms with Gasteiger partial charge in [0.05, 0.1) is 11.3 Å². The molecule has 8 heteroatoms. The van der Waals surface area contributed by atoms with Crippen molar-refractivity contribution in [1.29, 1.82) is 5.26 Å². The van der Waals surface area contributed by atoms with Crippen molar-refractivity contribution >= 4 is 11.7 Å². The maximum absolute atomic E-state index is 12.9. The normalized spacial score (nSPS) is 10.9. The first kappa shape index (κ1) is 14.8. The maximum Gasteiger partial charge on any atom is 0.405 e. The van der Waals surface area contributed by atoms with E-state index in [2.05, 4.69) is 0 Å². The molecule has 0 aliphatic heterocycles. The van der Waals surface area contributed by atoms with Gasteiger partial charge < -0.3 is 10.0 Å². The van der Waals surface area contributed by atoms with Gasteiger partial charge in [0.15, 0.2) is 0 Å². The average molecular weight is 276 g/mol. The van der Waals surface area contributed by atoms with Crippen LogP contribution in [-0.2, 0) is 4.79 Å². The van der Waals surface area contributed by atoms with E-state index in [0.29, 0.717) is 4.90 Å². The van der Waals surface area contributed by atoms with Gasteiger partial charge in [-0.25, -0.2) is 4.39 Å². The standard InChI is InChI=1S/C11H8F4N2O2/c12-8-1-2-9(7(3-8)4-16)17(5-10(18)19)6-11(13,14)15/h1-3H,5-6H2,(H,18,19). The van der Waals surface area contributed by atoms with Crippen LogP contribution in [0.4, 0.5) is 23.2 Å². The summed E-state index contributed by atoms with van der Waals surface area (Å²) in [5.74, 6) is -2.28. The lowest BCUT2D eigenvalue weighted by molar-refractivity contribution is -0.136. The Morgan fingerprint density at radius 2 is 2.05 bits per heavy atom. The smallest absolute Gasteiger partial charge is 0.405 e. The molecule has 0 amide bonds. The molecular weight excluding hydrogens is 268 g/mol.